The Balaban J connectivity index is 2.42. The van der Waals surface area contributed by atoms with Gasteiger partial charge in [0.2, 0.25) is 0 Å². The number of rotatable bonds is 7. The van der Waals surface area contributed by atoms with Gasteiger partial charge in [0, 0.05) is 44.4 Å². The van der Waals surface area contributed by atoms with Gasteiger partial charge in [-0.25, -0.2) is 0 Å². The maximum atomic E-state index is 9.85. The first-order chi connectivity index (χ1) is 10.7. The van der Waals surface area contributed by atoms with Gasteiger partial charge >= 0.3 is 0 Å². The van der Waals surface area contributed by atoms with E-state index in [4.69, 9.17) is 9.47 Å². The predicted octanol–water partition coefficient (Wildman–Crippen LogP) is 2.32. The van der Waals surface area contributed by atoms with Crippen molar-refractivity contribution in [2.75, 3.05) is 40.4 Å². The number of aromatic hydroxyl groups is 1. The van der Waals surface area contributed by atoms with Gasteiger partial charge in [-0.2, -0.15) is 0 Å². The highest BCUT2D eigenvalue weighted by Gasteiger charge is 2.28. The second kappa shape index (κ2) is 8.06. The van der Waals surface area contributed by atoms with Crippen molar-refractivity contribution >= 4 is 0 Å². The van der Waals surface area contributed by atoms with E-state index >= 15 is 0 Å². The molecule has 1 aromatic rings. The third-order valence-electron chi connectivity index (χ3n) is 4.10. The first-order valence-electron chi connectivity index (χ1n) is 7.71. The van der Waals surface area contributed by atoms with Crippen LogP contribution in [0.25, 0.3) is 0 Å². The molecule has 0 unspecified atom stereocenters. The van der Waals surface area contributed by atoms with Crippen LogP contribution in [-0.4, -0.2) is 50.4 Å². The minimum atomic E-state index is 0.153. The lowest BCUT2D eigenvalue weighted by molar-refractivity contribution is 0.160. The first-order valence-corrected chi connectivity index (χ1v) is 7.71. The van der Waals surface area contributed by atoms with Crippen molar-refractivity contribution in [1.82, 2.24) is 10.2 Å². The lowest BCUT2D eigenvalue weighted by atomic mass is 9.97. The molecule has 2 N–H and O–H groups in total. The molecule has 0 radical (unpaired) electrons. The molecule has 0 aromatic heterocycles. The van der Waals surface area contributed by atoms with E-state index < -0.39 is 0 Å². The van der Waals surface area contributed by atoms with Gasteiger partial charge in [0.05, 0.1) is 19.8 Å². The van der Waals surface area contributed by atoms with Crippen molar-refractivity contribution in [3.63, 3.8) is 0 Å². The van der Waals surface area contributed by atoms with Crippen molar-refractivity contribution in [3.05, 3.63) is 30.4 Å². The third-order valence-corrected chi connectivity index (χ3v) is 4.10. The highest BCUT2D eigenvalue weighted by atomic mass is 16.5. The number of nitrogens with zero attached hydrogens (tertiary/aromatic N) is 1. The maximum absolute atomic E-state index is 9.85. The van der Waals surface area contributed by atoms with Gasteiger partial charge in [0.15, 0.2) is 0 Å². The van der Waals surface area contributed by atoms with E-state index in [0.29, 0.717) is 11.5 Å². The number of hydrogen-bond donors (Lipinski definition) is 2. The summed E-state index contributed by atoms with van der Waals surface area (Å²) in [4.78, 5) is 2.44. The smallest absolute Gasteiger partial charge is 0.131 e. The van der Waals surface area contributed by atoms with Gasteiger partial charge in [-0.3, -0.25) is 4.90 Å². The zero-order valence-electron chi connectivity index (χ0n) is 13.5. The molecule has 0 bridgehead atoms. The van der Waals surface area contributed by atoms with Crippen LogP contribution < -0.4 is 14.8 Å². The number of benzene rings is 1. The summed E-state index contributed by atoms with van der Waals surface area (Å²) in [6.45, 7) is 7.76. The number of piperazine rings is 1. The molecule has 0 spiro atoms. The quantitative estimate of drug-likeness (QED) is 0.757. The average Bonchev–Trinajstić information content (AvgIpc) is 2.56. The Morgan fingerprint density at radius 2 is 1.86 bits per heavy atom. The van der Waals surface area contributed by atoms with Crippen molar-refractivity contribution in [2.24, 2.45) is 0 Å². The SMILES string of the molecule is C=CCC[C@@H](c1c(OC)cc(O)cc1OC)N1CCNCC1. The first kappa shape index (κ1) is 16.6. The summed E-state index contributed by atoms with van der Waals surface area (Å²) in [5.41, 5.74) is 1.01. The summed E-state index contributed by atoms with van der Waals surface area (Å²) in [6.07, 6.45) is 3.80. The molecule has 1 saturated heterocycles. The molecule has 1 aliphatic rings. The van der Waals surface area contributed by atoms with Gasteiger partial charge in [-0.05, 0) is 12.8 Å². The summed E-state index contributed by atoms with van der Waals surface area (Å²) in [5.74, 6) is 1.49. The topological polar surface area (TPSA) is 54.0 Å². The second-order valence-corrected chi connectivity index (χ2v) is 5.43. The summed E-state index contributed by atoms with van der Waals surface area (Å²) < 4.78 is 11.0. The van der Waals surface area contributed by atoms with E-state index in [9.17, 15) is 5.11 Å². The molecule has 2 rings (SSSR count). The Morgan fingerprint density at radius 3 is 2.36 bits per heavy atom. The molecule has 22 heavy (non-hydrogen) atoms. The molecule has 0 amide bonds. The zero-order chi connectivity index (χ0) is 15.9. The molecule has 5 heteroatoms. The summed E-state index contributed by atoms with van der Waals surface area (Å²) in [7, 11) is 3.25. The molecule has 0 saturated carbocycles. The number of hydrogen-bond acceptors (Lipinski definition) is 5. The van der Waals surface area contributed by atoms with Crippen LogP contribution >= 0.6 is 0 Å². The molecular formula is C17H26N2O3. The van der Waals surface area contributed by atoms with Gasteiger partial charge in [0.1, 0.15) is 17.2 Å². The lowest BCUT2D eigenvalue weighted by Crippen LogP contribution is -2.45. The van der Waals surface area contributed by atoms with Gasteiger partial charge in [-0.1, -0.05) is 6.08 Å². The van der Waals surface area contributed by atoms with Crippen LogP contribution in [0, 0.1) is 0 Å². The van der Waals surface area contributed by atoms with Crippen molar-refractivity contribution < 1.29 is 14.6 Å². The molecule has 1 atom stereocenters. The Morgan fingerprint density at radius 1 is 1.27 bits per heavy atom. The standard InChI is InChI=1S/C17H26N2O3/c1-4-5-6-14(19-9-7-18-8-10-19)17-15(21-2)11-13(20)12-16(17)22-3/h4,11-12,14,18,20H,1,5-10H2,2-3H3/t14-/m0/s1. The summed E-state index contributed by atoms with van der Waals surface area (Å²) in [6, 6.07) is 3.49. The molecule has 1 aliphatic heterocycles. The van der Waals surface area contributed by atoms with Crippen LogP contribution in [0.2, 0.25) is 0 Å². The van der Waals surface area contributed by atoms with Gasteiger partial charge in [0.25, 0.3) is 0 Å². The van der Waals surface area contributed by atoms with Crippen molar-refractivity contribution in [3.8, 4) is 17.2 Å². The van der Waals surface area contributed by atoms with Crippen LogP contribution in [0.1, 0.15) is 24.4 Å². The van der Waals surface area contributed by atoms with Crippen LogP contribution in [0.3, 0.4) is 0 Å². The van der Waals surface area contributed by atoms with E-state index in [2.05, 4.69) is 16.8 Å². The highest BCUT2D eigenvalue weighted by Crippen LogP contribution is 2.42. The minimum Gasteiger partial charge on any atom is -0.508 e. The van der Waals surface area contributed by atoms with E-state index in [1.807, 2.05) is 6.08 Å². The molecule has 1 fully saturated rings. The molecule has 0 aliphatic carbocycles. The molecule has 1 heterocycles. The largest absolute Gasteiger partial charge is 0.508 e. The monoisotopic (exact) mass is 306 g/mol. The van der Waals surface area contributed by atoms with E-state index in [-0.39, 0.29) is 11.8 Å². The second-order valence-electron chi connectivity index (χ2n) is 5.43. The highest BCUT2D eigenvalue weighted by molar-refractivity contribution is 5.52. The summed E-state index contributed by atoms with van der Waals surface area (Å²) in [5, 5.41) is 13.2. The van der Waals surface area contributed by atoms with E-state index in [1.165, 1.54) is 0 Å². The van der Waals surface area contributed by atoms with E-state index in [0.717, 1.165) is 44.6 Å². The Bertz CT molecular complexity index is 474. The zero-order valence-corrected chi connectivity index (χ0v) is 13.5. The van der Waals surface area contributed by atoms with Crippen LogP contribution in [0.15, 0.2) is 24.8 Å². The average molecular weight is 306 g/mol. The van der Waals surface area contributed by atoms with Crippen LogP contribution in [-0.2, 0) is 0 Å². The Hall–Kier alpha value is -1.72. The summed E-state index contributed by atoms with van der Waals surface area (Å²) >= 11 is 0. The minimum absolute atomic E-state index is 0.153. The number of allylic oxidation sites excluding steroid dienone is 1. The van der Waals surface area contributed by atoms with Crippen molar-refractivity contribution in [1.29, 1.82) is 0 Å². The fraction of sp³-hybridized carbons (Fsp3) is 0.529. The van der Waals surface area contributed by atoms with Crippen LogP contribution in [0.5, 0.6) is 17.2 Å². The van der Waals surface area contributed by atoms with Crippen LogP contribution in [0.4, 0.5) is 0 Å². The fourth-order valence-corrected chi connectivity index (χ4v) is 3.03. The van der Waals surface area contributed by atoms with Gasteiger partial charge < -0.3 is 19.9 Å². The molecule has 5 nitrogen and oxygen atoms in total. The third kappa shape index (κ3) is 3.72. The number of phenols is 1. The predicted molar refractivity (Wildman–Crippen MR) is 87.8 cm³/mol. The van der Waals surface area contributed by atoms with Crippen molar-refractivity contribution in [2.45, 2.75) is 18.9 Å². The molecule has 122 valence electrons. The van der Waals surface area contributed by atoms with E-state index in [1.54, 1.807) is 26.4 Å². The number of ether oxygens (including phenoxy) is 2. The fourth-order valence-electron chi connectivity index (χ4n) is 3.03. The number of phenolic OH excluding ortho intramolecular Hbond substituents is 1. The number of methoxy groups -OCH3 is 2. The molecule has 1 aromatic carbocycles. The van der Waals surface area contributed by atoms with Gasteiger partial charge in [-0.15, -0.1) is 6.58 Å². The normalized spacial score (nSPS) is 17.0. The Kier molecular flexibility index (Phi) is 6.10. The lowest BCUT2D eigenvalue weighted by Gasteiger charge is -2.36. The number of nitrogens with one attached hydrogen (secondary N) is 1. The Labute approximate surface area is 132 Å². The maximum Gasteiger partial charge on any atom is 0.131 e. The molecular weight excluding hydrogens is 280 g/mol.